The Morgan fingerprint density at radius 1 is 1.20 bits per heavy atom. The van der Waals surface area contributed by atoms with Crippen molar-refractivity contribution in [1.29, 1.82) is 0 Å². The number of hydrogen-bond acceptors (Lipinski definition) is 5. The van der Waals surface area contributed by atoms with Crippen LogP contribution < -0.4 is 14.4 Å². The topological polar surface area (TPSA) is 71.5 Å². The lowest BCUT2D eigenvalue weighted by Crippen LogP contribution is -2.38. The maximum absolute atomic E-state index is 12.5. The van der Waals surface area contributed by atoms with Crippen LogP contribution in [0.25, 0.3) is 0 Å². The molecule has 0 spiro atoms. The third-order valence-corrected chi connectivity index (χ3v) is 6.01. The molecule has 7 heteroatoms. The zero-order valence-corrected chi connectivity index (χ0v) is 15.1. The van der Waals surface area contributed by atoms with Crippen LogP contribution in [0.1, 0.15) is 12.8 Å². The lowest BCUT2D eigenvalue weighted by Gasteiger charge is -2.33. The fourth-order valence-corrected chi connectivity index (χ4v) is 4.37. The molecule has 25 heavy (non-hydrogen) atoms. The average molecular weight is 361 g/mol. The molecule has 1 N–H and O–H groups in total. The summed E-state index contributed by atoms with van der Waals surface area (Å²) in [5.41, 5.74) is 1.12. The highest BCUT2D eigenvalue weighted by molar-refractivity contribution is 7.89. The molecular formula is C18H23N3O3S. The zero-order chi connectivity index (χ0) is 17.7. The Labute approximate surface area is 148 Å². The van der Waals surface area contributed by atoms with Gasteiger partial charge < -0.3 is 9.64 Å². The van der Waals surface area contributed by atoms with Crippen molar-refractivity contribution in [3.8, 4) is 5.75 Å². The van der Waals surface area contributed by atoms with E-state index in [1.165, 1.54) is 7.11 Å². The van der Waals surface area contributed by atoms with Crippen LogP contribution in [0.2, 0.25) is 0 Å². The second-order valence-corrected chi connectivity index (χ2v) is 7.88. The van der Waals surface area contributed by atoms with Crippen LogP contribution in [-0.2, 0) is 10.0 Å². The second-order valence-electron chi connectivity index (χ2n) is 6.14. The molecule has 0 saturated carbocycles. The number of sulfonamides is 1. The first-order valence-corrected chi connectivity index (χ1v) is 9.86. The first kappa shape index (κ1) is 17.7. The number of ether oxygens (including phenoxy) is 1. The molecule has 134 valence electrons. The fourth-order valence-electron chi connectivity index (χ4n) is 3.08. The summed E-state index contributed by atoms with van der Waals surface area (Å²) < 4.78 is 33.0. The van der Waals surface area contributed by atoms with Gasteiger partial charge in [-0.2, -0.15) is 0 Å². The minimum absolute atomic E-state index is 0.185. The average Bonchev–Trinajstić information content (AvgIpc) is 2.67. The van der Waals surface area contributed by atoms with Crippen molar-refractivity contribution in [2.24, 2.45) is 5.92 Å². The summed E-state index contributed by atoms with van der Waals surface area (Å²) in [6.45, 7) is 2.26. The van der Waals surface area contributed by atoms with Crippen LogP contribution in [0.4, 0.5) is 5.69 Å². The van der Waals surface area contributed by atoms with Gasteiger partial charge in [-0.15, -0.1) is 0 Å². The molecule has 1 aliphatic rings. The summed E-state index contributed by atoms with van der Waals surface area (Å²) in [6.07, 6.45) is 5.53. The largest absolute Gasteiger partial charge is 0.495 e. The molecule has 1 aliphatic heterocycles. The number of para-hydroxylation sites is 1. The number of aromatic nitrogens is 1. The van der Waals surface area contributed by atoms with E-state index in [1.54, 1.807) is 30.5 Å². The predicted octanol–water partition coefficient (Wildman–Crippen LogP) is 2.29. The number of nitrogens with zero attached hydrogens (tertiary/aromatic N) is 2. The Bertz CT molecular complexity index is 788. The molecule has 2 heterocycles. The van der Waals surface area contributed by atoms with Gasteiger partial charge in [-0.1, -0.05) is 12.1 Å². The minimum atomic E-state index is -3.57. The first-order valence-electron chi connectivity index (χ1n) is 8.38. The van der Waals surface area contributed by atoms with Crippen LogP contribution >= 0.6 is 0 Å². The number of hydrogen-bond donors (Lipinski definition) is 1. The maximum atomic E-state index is 12.5. The van der Waals surface area contributed by atoms with Crippen LogP contribution in [-0.4, -0.2) is 40.1 Å². The first-order chi connectivity index (χ1) is 12.1. The Morgan fingerprint density at radius 2 is 1.96 bits per heavy atom. The Balaban J connectivity index is 1.56. The van der Waals surface area contributed by atoms with Crippen LogP contribution in [0, 0.1) is 5.92 Å². The van der Waals surface area contributed by atoms with Crippen molar-refractivity contribution >= 4 is 15.7 Å². The van der Waals surface area contributed by atoms with E-state index in [0.29, 0.717) is 18.2 Å². The van der Waals surface area contributed by atoms with Gasteiger partial charge in [-0.3, -0.25) is 4.98 Å². The van der Waals surface area contributed by atoms with Crippen molar-refractivity contribution in [1.82, 2.24) is 9.71 Å². The van der Waals surface area contributed by atoms with Gasteiger partial charge in [0.05, 0.1) is 19.0 Å². The molecule has 1 aromatic heterocycles. The van der Waals surface area contributed by atoms with Gasteiger partial charge in [0.25, 0.3) is 0 Å². The van der Waals surface area contributed by atoms with Crippen molar-refractivity contribution in [3.05, 3.63) is 48.8 Å². The van der Waals surface area contributed by atoms with E-state index in [2.05, 4.69) is 20.7 Å². The predicted molar refractivity (Wildman–Crippen MR) is 97.4 cm³/mol. The normalized spacial score (nSPS) is 16.0. The Morgan fingerprint density at radius 3 is 2.64 bits per heavy atom. The third kappa shape index (κ3) is 4.29. The number of piperidine rings is 1. The molecule has 6 nitrogen and oxygen atoms in total. The van der Waals surface area contributed by atoms with Crippen LogP contribution in [0.5, 0.6) is 5.75 Å². The van der Waals surface area contributed by atoms with E-state index in [4.69, 9.17) is 4.74 Å². The van der Waals surface area contributed by atoms with E-state index >= 15 is 0 Å². The summed E-state index contributed by atoms with van der Waals surface area (Å²) >= 11 is 0. The highest BCUT2D eigenvalue weighted by Gasteiger charge is 2.23. The van der Waals surface area contributed by atoms with Gasteiger partial charge in [-0.05, 0) is 43.0 Å². The van der Waals surface area contributed by atoms with Crippen molar-refractivity contribution in [2.75, 3.05) is 31.6 Å². The lowest BCUT2D eigenvalue weighted by atomic mass is 9.97. The molecule has 1 fully saturated rings. The second kappa shape index (κ2) is 7.84. The third-order valence-electron chi connectivity index (χ3n) is 4.55. The molecule has 3 rings (SSSR count). The van der Waals surface area contributed by atoms with Gasteiger partial charge in [0.15, 0.2) is 0 Å². The summed E-state index contributed by atoms with van der Waals surface area (Å²) in [5.74, 6) is 0.693. The SMILES string of the molecule is COc1ccccc1S(=O)(=O)NCC1CCN(c2cccnc2)CC1. The molecule has 2 aromatic rings. The summed E-state index contributed by atoms with van der Waals surface area (Å²) in [4.78, 5) is 6.63. The Kier molecular flexibility index (Phi) is 5.55. The number of methoxy groups -OCH3 is 1. The molecular weight excluding hydrogens is 338 g/mol. The molecule has 1 saturated heterocycles. The number of anilines is 1. The molecule has 0 aliphatic carbocycles. The van der Waals surface area contributed by atoms with Crippen molar-refractivity contribution in [2.45, 2.75) is 17.7 Å². The van der Waals surface area contributed by atoms with E-state index in [0.717, 1.165) is 31.6 Å². The molecule has 0 radical (unpaired) electrons. The molecule has 0 atom stereocenters. The monoisotopic (exact) mass is 361 g/mol. The van der Waals surface area contributed by atoms with Crippen LogP contribution in [0.15, 0.2) is 53.7 Å². The smallest absolute Gasteiger partial charge is 0.244 e. The van der Waals surface area contributed by atoms with E-state index in [-0.39, 0.29) is 4.90 Å². The molecule has 0 unspecified atom stereocenters. The number of nitrogens with one attached hydrogen (secondary N) is 1. The van der Waals surface area contributed by atoms with Gasteiger partial charge in [0.2, 0.25) is 10.0 Å². The number of pyridine rings is 1. The quantitative estimate of drug-likeness (QED) is 0.855. The zero-order valence-electron chi connectivity index (χ0n) is 14.3. The van der Waals surface area contributed by atoms with E-state index in [9.17, 15) is 8.42 Å². The summed E-state index contributed by atoms with van der Waals surface area (Å²) in [6, 6.07) is 10.7. The van der Waals surface area contributed by atoms with Gasteiger partial charge >= 0.3 is 0 Å². The molecule has 1 aromatic carbocycles. The van der Waals surface area contributed by atoms with Crippen LogP contribution in [0.3, 0.4) is 0 Å². The molecule has 0 bridgehead atoms. The highest BCUT2D eigenvalue weighted by atomic mass is 32.2. The lowest BCUT2D eigenvalue weighted by molar-refractivity contribution is 0.395. The summed E-state index contributed by atoms with van der Waals surface area (Å²) in [5, 5.41) is 0. The summed E-state index contributed by atoms with van der Waals surface area (Å²) in [7, 11) is -2.09. The van der Waals surface area contributed by atoms with Gasteiger partial charge in [0, 0.05) is 25.8 Å². The van der Waals surface area contributed by atoms with E-state index in [1.807, 2.05) is 12.3 Å². The van der Waals surface area contributed by atoms with Crippen molar-refractivity contribution < 1.29 is 13.2 Å². The van der Waals surface area contributed by atoms with Gasteiger partial charge in [-0.25, -0.2) is 13.1 Å². The Hall–Kier alpha value is -2.12. The standard InChI is InChI=1S/C18H23N3O3S/c1-24-17-6-2-3-7-18(17)25(22,23)20-13-15-8-11-21(12-9-15)16-5-4-10-19-14-16/h2-7,10,14-15,20H,8-9,11-13H2,1H3. The number of rotatable bonds is 6. The minimum Gasteiger partial charge on any atom is -0.495 e. The maximum Gasteiger partial charge on any atom is 0.244 e. The van der Waals surface area contributed by atoms with Gasteiger partial charge in [0.1, 0.15) is 10.6 Å². The van der Waals surface area contributed by atoms with Crippen molar-refractivity contribution in [3.63, 3.8) is 0 Å². The van der Waals surface area contributed by atoms with E-state index < -0.39 is 10.0 Å². The highest BCUT2D eigenvalue weighted by Crippen LogP contribution is 2.25. The molecule has 0 amide bonds. The fraction of sp³-hybridized carbons (Fsp3) is 0.389. The number of benzene rings is 1.